The third-order valence-electron chi connectivity index (χ3n) is 1.67. The van der Waals surface area contributed by atoms with Crippen LogP contribution in [0.2, 0.25) is 0 Å². The van der Waals surface area contributed by atoms with Gasteiger partial charge in [0.05, 0.1) is 0 Å². The number of rotatable bonds is 0. The topological polar surface area (TPSA) is 0 Å². The van der Waals surface area contributed by atoms with Crippen molar-refractivity contribution in [3.05, 3.63) is 35.2 Å². The Morgan fingerprint density at radius 3 is 2.38 bits per heavy atom. The maximum atomic E-state index is 2.20. The van der Waals surface area contributed by atoms with E-state index in [0.29, 0.717) is 0 Å². The minimum absolute atomic E-state index is 1.25. The molecular weight excluding hydrogens is 176 g/mol. The van der Waals surface area contributed by atoms with Gasteiger partial charge in [-0.25, -0.2) is 0 Å². The van der Waals surface area contributed by atoms with Crippen molar-refractivity contribution in [2.75, 3.05) is 0 Å². The molecule has 1 heteroatoms. The molecule has 0 nitrogen and oxygen atoms in total. The second-order valence-corrected chi connectivity index (χ2v) is 4.03. The van der Waals surface area contributed by atoms with Gasteiger partial charge in [0.25, 0.3) is 0 Å². The first-order chi connectivity index (χ1) is 6.29. The predicted octanol–water partition coefficient (Wildman–Crippen LogP) is 4.63. The molecule has 0 aliphatic carbocycles. The van der Waals surface area contributed by atoms with Gasteiger partial charge in [-0.05, 0) is 29.3 Å². The molecule has 0 aliphatic rings. The standard InChI is InChI=1S/C9H8S.C3H8/c1-7-6-10-9-5-3-2-4-8(7)9;1-3-2/h2-6H,1H3;3H2,1-2H3. The van der Waals surface area contributed by atoms with Crippen molar-refractivity contribution in [2.24, 2.45) is 0 Å². The minimum Gasteiger partial charge on any atom is -0.144 e. The van der Waals surface area contributed by atoms with Crippen LogP contribution >= 0.6 is 11.3 Å². The van der Waals surface area contributed by atoms with Crippen molar-refractivity contribution in [3.8, 4) is 0 Å². The molecule has 0 spiro atoms. The highest BCUT2D eigenvalue weighted by atomic mass is 32.1. The normalized spacial score (nSPS) is 9.46. The number of fused-ring (bicyclic) bond motifs is 1. The van der Waals surface area contributed by atoms with E-state index in [1.807, 2.05) is 11.3 Å². The van der Waals surface area contributed by atoms with Gasteiger partial charge in [0.2, 0.25) is 0 Å². The molecule has 1 aromatic carbocycles. The van der Waals surface area contributed by atoms with Crippen LogP contribution in [0.1, 0.15) is 25.8 Å². The van der Waals surface area contributed by atoms with Crippen LogP contribution in [0.4, 0.5) is 0 Å². The van der Waals surface area contributed by atoms with Gasteiger partial charge in [0.1, 0.15) is 0 Å². The molecule has 0 aliphatic heterocycles. The summed E-state index contributed by atoms with van der Waals surface area (Å²) in [5.41, 5.74) is 1.39. The smallest absolute Gasteiger partial charge is 0.0345 e. The summed E-state index contributed by atoms with van der Waals surface area (Å²) in [6, 6.07) is 8.49. The molecule has 2 rings (SSSR count). The number of thiophene rings is 1. The zero-order chi connectivity index (χ0) is 9.68. The lowest BCUT2D eigenvalue weighted by atomic mass is 10.2. The Balaban J connectivity index is 0.000000251. The van der Waals surface area contributed by atoms with Crippen LogP contribution in [0, 0.1) is 6.92 Å². The Morgan fingerprint density at radius 1 is 1.15 bits per heavy atom. The Morgan fingerprint density at radius 2 is 1.77 bits per heavy atom. The van der Waals surface area contributed by atoms with Crippen LogP contribution < -0.4 is 0 Å². The Labute approximate surface area is 84.2 Å². The van der Waals surface area contributed by atoms with Gasteiger partial charge in [0.15, 0.2) is 0 Å². The first-order valence-electron chi connectivity index (χ1n) is 4.72. The number of benzene rings is 1. The fourth-order valence-corrected chi connectivity index (χ4v) is 2.05. The zero-order valence-electron chi connectivity index (χ0n) is 8.50. The number of hydrogen-bond acceptors (Lipinski definition) is 1. The van der Waals surface area contributed by atoms with Crippen LogP contribution in [0.25, 0.3) is 10.1 Å². The molecule has 0 saturated carbocycles. The van der Waals surface area contributed by atoms with E-state index in [4.69, 9.17) is 0 Å². The maximum Gasteiger partial charge on any atom is 0.0345 e. The van der Waals surface area contributed by atoms with Crippen molar-refractivity contribution in [1.82, 2.24) is 0 Å². The second-order valence-electron chi connectivity index (χ2n) is 3.12. The van der Waals surface area contributed by atoms with Gasteiger partial charge < -0.3 is 0 Å². The molecule has 0 N–H and O–H groups in total. The second kappa shape index (κ2) is 5.03. The summed E-state index contributed by atoms with van der Waals surface area (Å²) >= 11 is 1.81. The molecule has 0 atom stereocenters. The van der Waals surface area contributed by atoms with Gasteiger partial charge in [-0.1, -0.05) is 38.5 Å². The van der Waals surface area contributed by atoms with E-state index in [0.717, 1.165) is 0 Å². The summed E-state index contributed by atoms with van der Waals surface area (Å²) < 4.78 is 1.39. The molecule has 0 bridgehead atoms. The van der Waals surface area contributed by atoms with E-state index in [9.17, 15) is 0 Å². The lowest BCUT2D eigenvalue weighted by molar-refractivity contribution is 1.09. The van der Waals surface area contributed by atoms with Crippen molar-refractivity contribution in [3.63, 3.8) is 0 Å². The van der Waals surface area contributed by atoms with E-state index in [1.165, 1.54) is 22.1 Å². The molecular formula is C12H16S. The monoisotopic (exact) mass is 192 g/mol. The summed E-state index contributed by atoms with van der Waals surface area (Å²) in [4.78, 5) is 0. The summed E-state index contributed by atoms with van der Waals surface area (Å²) in [7, 11) is 0. The van der Waals surface area contributed by atoms with Crippen LogP contribution in [-0.4, -0.2) is 0 Å². The maximum absolute atomic E-state index is 2.20. The van der Waals surface area contributed by atoms with E-state index in [1.54, 1.807) is 0 Å². The van der Waals surface area contributed by atoms with Crippen LogP contribution in [-0.2, 0) is 0 Å². The highest BCUT2D eigenvalue weighted by molar-refractivity contribution is 7.17. The minimum atomic E-state index is 1.25. The molecule has 13 heavy (non-hydrogen) atoms. The van der Waals surface area contributed by atoms with Gasteiger partial charge >= 0.3 is 0 Å². The average molecular weight is 192 g/mol. The van der Waals surface area contributed by atoms with Crippen LogP contribution in [0.5, 0.6) is 0 Å². The van der Waals surface area contributed by atoms with Gasteiger partial charge in [-0.15, -0.1) is 11.3 Å². The Hall–Kier alpha value is -0.820. The van der Waals surface area contributed by atoms with Gasteiger partial charge in [-0.2, -0.15) is 0 Å². The molecule has 1 aromatic heterocycles. The predicted molar refractivity (Wildman–Crippen MR) is 62.5 cm³/mol. The van der Waals surface area contributed by atoms with Crippen molar-refractivity contribution in [1.29, 1.82) is 0 Å². The summed E-state index contributed by atoms with van der Waals surface area (Å²) in [6.45, 7) is 6.40. The average Bonchev–Trinajstić information content (AvgIpc) is 2.50. The SMILES string of the molecule is CCC.Cc1csc2ccccc12. The molecule has 0 amide bonds. The zero-order valence-corrected chi connectivity index (χ0v) is 9.32. The Bertz CT molecular complexity index is 360. The molecule has 0 radical (unpaired) electrons. The molecule has 2 aromatic rings. The summed E-state index contributed by atoms with van der Waals surface area (Å²) in [5.74, 6) is 0. The molecule has 0 fully saturated rings. The largest absolute Gasteiger partial charge is 0.144 e. The van der Waals surface area contributed by atoms with E-state index >= 15 is 0 Å². The first kappa shape index (κ1) is 10.3. The molecule has 70 valence electrons. The van der Waals surface area contributed by atoms with Crippen LogP contribution in [0.3, 0.4) is 0 Å². The van der Waals surface area contributed by atoms with Crippen molar-refractivity contribution in [2.45, 2.75) is 27.2 Å². The Kier molecular flexibility index (Phi) is 3.97. The highest BCUT2D eigenvalue weighted by Gasteiger charge is 1.95. The van der Waals surface area contributed by atoms with E-state index in [-0.39, 0.29) is 0 Å². The third-order valence-corrected chi connectivity index (χ3v) is 2.76. The first-order valence-corrected chi connectivity index (χ1v) is 5.60. The quantitative estimate of drug-likeness (QED) is 0.571. The molecule has 0 saturated heterocycles. The van der Waals surface area contributed by atoms with Gasteiger partial charge in [-0.3, -0.25) is 0 Å². The third kappa shape index (κ3) is 2.56. The molecule has 1 heterocycles. The lowest BCUT2D eigenvalue weighted by Gasteiger charge is -1.86. The van der Waals surface area contributed by atoms with Crippen molar-refractivity contribution >= 4 is 21.4 Å². The summed E-state index contributed by atoms with van der Waals surface area (Å²) in [5, 5.41) is 3.59. The van der Waals surface area contributed by atoms with E-state index < -0.39 is 0 Å². The fraction of sp³-hybridized carbons (Fsp3) is 0.333. The summed E-state index contributed by atoms with van der Waals surface area (Å²) in [6.07, 6.45) is 1.25. The number of aryl methyl sites for hydroxylation is 1. The van der Waals surface area contributed by atoms with Crippen molar-refractivity contribution < 1.29 is 0 Å². The fourth-order valence-electron chi connectivity index (χ4n) is 1.11. The van der Waals surface area contributed by atoms with E-state index in [2.05, 4.69) is 50.4 Å². The lowest BCUT2D eigenvalue weighted by Crippen LogP contribution is -1.63. The van der Waals surface area contributed by atoms with Gasteiger partial charge in [0, 0.05) is 4.70 Å². The van der Waals surface area contributed by atoms with Crippen LogP contribution in [0.15, 0.2) is 29.6 Å². The number of hydrogen-bond donors (Lipinski definition) is 0. The highest BCUT2D eigenvalue weighted by Crippen LogP contribution is 2.24. The molecule has 0 unspecified atom stereocenters.